The number of fused-ring (bicyclic) bond motifs is 1. The molecule has 28 heavy (non-hydrogen) atoms. The van der Waals surface area contributed by atoms with Gasteiger partial charge in [0.05, 0.1) is 5.02 Å². The summed E-state index contributed by atoms with van der Waals surface area (Å²) in [6.07, 6.45) is 0.767. The van der Waals surface area contributed by atoms with Crippen LogP contribution in [0.5, 0.6) is 0 Å². The molecule has 0 aliphatic heterocycles. The van der Waals surface area contributed by atoms with Gasteiger partial charge in [0.2, 0.25) is 15.9 Å². The lowest BCUT2D eigenvalue weighted by molar-refractivity contribution is -0.120. The zero-order chi connectivity index (χ0) is 20.0. The van der Waals surface area contributed by atoms with Crippen molar-refractivity contribution in [2.45, 2.75) is 17.7 Å². The first-order valence-corrected chi connectivity index (χ1v) is 10.8. The molecule has 3 aromatic rings. The van der Waals surface area contributed by atoms with Gasteiger partial charge in [0, 0.05) is 19.5 Å². The standard InChI is InChI=1S/C21H21ClN2O3S/c22-19-7-3-4-8-20(19)28(26,27)24-14-12-21(25)23-13-11-16-9-10-17-5-1-2-6-18(17)15-16/h1-10,15,24H,11-14H2,(H,23,25). The monoisotopic (exact) mass is 416 g/mol. The van der Waals surface area contributed by atoms with Crippen molar-refractivity contribution in [3.63, 3.8) is 0 Å². The van der Waals surface area contributed by atoms with E-state index in [4.69, 9.17) is 11.6 Å². The number of carbonyl (C=O) groups excluding carboxylic acids is 1. The van der Waals surface area contributed by atoms with E-state index in [0.717, 1.165) is 5.56 Å². The lowest BCUT2D eigenvalue weighted by Gasteiger charge is -2.09. The Morgan fingerprint density at radius 1 is 0.893 bits per heavy atom. The number of nitrogens with one attached hydrogen (secondary N) is 2. The molecule has 0 aromatic heterocycles. The second-order valence-corrected chi connectivity index (χ2v) is 8.50. The Kier molecular flexibility index (Phi) is 6.67. The zero-order valence-corrected chi connectivity index (χ0v) is 16.8. The molecule has 1 amide bonds. The average molecular weight is 417 g/mol. The van der Waals surface area contributed by atoms with Crippen LogP contribution >= 0.6 is 11.6 Å². The van der Waals surface area contributed by atoms with E-state index in [1.165, 1.54) is 22.9 Å². The molecule has 0 fully saturated rings. The van der Waals surface area contributed by atoms with Crippen LogP contribution in [0.3, 0.4) is 0 Å². The summed E-state index contributed by atoms with van der Waals surface area (Å²) < 4.78 is 26.8. The Hall–Kier alpha value is -2.41. The first kappa shape index (κ1) is 20.3. The molecular weight excluding hydrogens is 396 g/mol. The van der Waals surface area contributed by atoms with E-state index in [9.17, 15) is 13.2 Å². The van der Waals surface area contributed by atoms with Gasteiger partial charge >= 0.3 is 0 Å². The van der Waals surface area contributed by atoms with Crippen molar-refractivity contribution in [3.8, 4) is 0 Å². The third kappa shape index (κ3) is 5.32. The summed E-state index contributed by atoms with van der Waals surface area (Å²) in [5, 5.41) is 5.31. The lowest BCUT2D eigenvalue weighted by atomic mass is 10.1. The fourth-order valence-corrected chi connectivity index (χ4v) is 4.42. The molecule has 0 bridgehead atoms. The number of hydrogen-bond donors (Lipinski definition) is 2. The number of amides is 1. The SMILES string of the molecule is O=C(CCNS(=O)(=O)c1ccccc1Cl)NCCc1ccc2ccccc2c1. The molecule has 0 unspecified atom stereocenters. The third-order valence-electron chi connectivity index (χ3n) is 4.32. The molecular formula is C21H21ClN2O3S. The Morgan fingerprint density at radius 2 is 1.61 bits per heavy atom. The summed E-state index contributed by atoms with van der Waals surface area (Å²) in [6.45, 7) is 0.504. The Bertz CT molecular complexity index is 1080. The molecule has 0 atom stereocenters. The van der Waals surface area contributed by atoms with Crippen LogP contribution in [0.2, 0.25) is 5.02 Å². The minimum atomic E-state index is -3.73. The Balaban J connectivity index is 1.43. The van der Waals surface area contributed by atoms with Gasteiger partial charge < -0.3 is 5.32 Å². The van der Waals surface area contributed by atoms with Crippen molar-refractivity contribution in [2.24, 2.45) is 0 Å². The minimum absolute atomic E-state index is 0.00776. The molecule has 3 aromatic carbocycles. The van der Waals surface area contributed by atoms with Gasteiger partial charge in [-0.25, -0.2) is 13.1 Å². The number of sulfonamides is 1. The second kappa shape index (κ2) is 9.19. The third-order valence-corrected chi connectivity index (χ3v) is 6.28. The number of halogens is 1. The van der Waals surface area contributed by atoms with Crippen molar-refractivity contribution in [2.75, 3.05) is 13.1 Å². The van der Waals surface area contributed by atoms with Crippen LogP contribution in [0, 0.1) is 0 Å². The maximum absolute atomic E-state index is 12.2. The maximum Gasteiger partial charge on any atom is 0.242 e. The van der Waals surface area contributed by atoms with E-state index >= 15 is 0 Å². The molecule has 146 valence electrons. The highest BCUT2D eigenvalue weighted by molar-refractivity contribution is 7.89. The molecule has 0 aliphatic carbocycles. The summed E-state index contributed by atoms with van der Waals surface area (Å²) in [4.78, 5) is 12.0. The van der Waals surface area contributed by atoms with E-state index in [1.54, 1.807) is 12.1 Å². The second-order valence-electron chi connectivity index (χ2n) is 6.36. The van der Waals surface area contributed by atoms with E-state index in [0.29, 0.717) is 13.0 Å². The van der Waals surface area contributed by atoms with E-state index in [-0.39, 0.29) is 28.8 Å². The molecule has 0 heterocycles. The fourth-order valence-electron chi connectivity index (χ4n) is 2.87. The van der Waals surface area contributed by atoms with Crippen LogP contribution in [-0.2, 0) is 21.2 Å². The van der Waals surface area contributed by atoms with E-state index < -0.39 is 10.0 Å². The van der Waals surface area contributed by atoms with Gasteiger partial charge in [-0.05, 0) is 34.9 Å². The van der Waals surface area contributed by atoms with E-state index in [2.05, 4.69) is 34.3 Å². The number of hydrogen-bond acceptors (Lipinski definition) is 3. The molecule has 0 saturated carbocycles. The largest absolute Gasteiger partial charge is 0.356 e. The van der Waals surface area contributed by atoms with Crippen molar-refractivity contribution in [1.29, 1.82) is 0 Å². The van der Waals surface area contributed by atoms with Gasteiger partial charge in [-0.15, -0.1) is 0 Å². The highest BCUT2D eigenvalue weighted by atomic mass is 35.5. The summed E-state index contributed by atoms with van der Waals surface area (Å²) in [5.74, 6) is -0.206. The molecule has 2 N–H and O–H groups in total. The molecule has 0 aliphatic rings. The number of rotatable bonds is 8. The van der Waals surface area contributed by atoms with E-state index in [1.807, 2.05) is 18.2 Å². The minimum Gasteiger partial charge on any atom is -0.356 e. The highest BCUT2D eigenvalue weighted by Gasteiger charge is 2.17. The highest BCUT2D eigenvalue weighted by Crippen LogP contribution is 2.20. The first-order valence-electron chi connectivity index (χ1n) is 8.94. The average Bonchev–Trinajstić information content (AvgIpc) is 2.68. The lowest BCUT2D eigenvalue weighted by Crippen LogP contribution is -2.31. The van der Waals surface area contributed by atoms with Crippen molar-refractivity contribution < 1.29 is 13.2 Å². The number of benzene rings is 3. The van der Waals surface area contributed by atoms with Gasteiger partial charge in [-0.1, -0.05) is 66.2 Å². The maximum atomic E-state index is 12.2. The van der Waals surface area contributed by atoms with Crippen LogP contribution in [0.4, 0.5) is 0 Å². The van der Waals surface area contributed by atoms with Gasteiger partial charge in [0.15, 0.2) is 0 Å². The summed E-state index contributed by atoms with van der Waals surface area (Å²) in [7, 11) is -3.73. The zero-order valence-electron chi connectivity index (χ0n) is 15.2. The molecule has 5 nitrogen and oxygen atoms in total. The van der Waals surface area contributed by atoms with Crippen LogP contribution in [0.25, 0.3) is 10.8 Å². The summed E-state index contributed by atoms with van der Waals surface area (Å²) >= 11 is 5.91. The smallest absolute Gasteiger partial charge is 0.242 e. The predicted octanol–water partition coefficient (Wildman–Crippen LogP) is 3.52. The quantitative estimate of drug-likeness (QED) is 0.590. The van der Waals surface area contributed by atoms with Gasteiger partial charge in [-0.3, -0.25) is 4.79 Å². The normalized spacial score (nSPS) is 11.5. The Morgan fingerprint density at radius 3 is 2.39 bits per heavy atom. The number of carbonyl (C=O) groups is 1. The van der Waals surface area contributed by atoms with Gasteiger partial charge in [-0.2, -0.15) is 0 Å². The fraction of sp³-hybridized carbons (Fsp3) is 0.190. The molecule has 3 rings (SSSR count). The molecule has 7 heteroatoms. The summed E-state index contributed by atoms with van der Waals surface area (Å²) in [6, 6.07) is 20.5. The topological polar surface area (TPSA) is 75.3 Å². The molecule has 0 radical (unpaired) electrons. The van der Waals surface area contributed by atoms with Crippen molar-refractivity contribution in [3.05, 3.63) is 77.3 Å². The molecule has 0 spiro atoms. The van der Waals surface area contributed by atoms with Crippen LogP contribution < -0.4 is 10.0 Å². The van der Waals surface area contributed by atoms with Gasteiger partial charge in [0.1, 0.15) is 4.90 Å². The van der Waals surface area contributed by atoms with Crippen molar-refractivity contribution in [1.82, 2.24) is 10.0 Å². The van der Waals surface area contributed by atoms with Crippen LogP contribution in [-0.4, -0.2) is 27.4 Å². The summed E-state index contributed by atoms with van der Waals surface area (Å²) in [5.41, 5.74) is 1.14. The Labute approximate surface area is 169 Å². The van der Waals surface area contributed by atoms with Crippen LogP contribution in [0.15, 0.2) is 71.6 Å². The van der Waals surface area contributed by atoms with Gasteiger partial charge in [0.25, 0.3) is 0 Å². The first-order chi connectivity index (χ1) is 13.5. The predicted molar refractivity (Wildman–Crippen MR) is 112 cm³/mol. The molecule has 0 saturated heterocycles. The van der Waals surface area contributed by atoms with Crippen LogP contribution in [0.1, 0.15) is 12.0 Å². The van der Waals surface area contributed by atoms with Crippen molar-refractivity contribution >= 4 is 38.3 Å².